The smallest absolute Gasteiger partial charge is 0.161 e. The van der Waals surface area contributed by atoms with Gasteiger partial charge in [-0.3, -0.25) is 19.5 Å². The minimum atomic E-state index is 0.0349. The molecular formula is C54H61Cl3N4O5. The van der Waals surface area contributed by atoms with Gasteiger partial charge in [0.1, 0.15) is 23.9 Å². The van der Waals surface area contributed by atoms with E-state index in [1.165, 1.54) is 16.7 Å². The lowest BCUT2D eigenvalue weighted by Crippen LogP contribution is -2.45. The van der Waals surface area contributed by atoms with Crippen LogP contribution in [0.3, 0.4) is 0 Å². The van der Waals surface area contributed by atoms with Crippen LogP contribution in [-0.4, -0.2) is 85.6 Å². The first-order chi connectivity index (χ1) is 32.1. The second-order valence-electron chi connectivity index (χ2n) is 17.8. The first kappa shape index (κ1) is 47.7. The molecule has 12 heteroatoms. The van der Waals surface area contributed by atoms with Crippen molar-refractivity contribution < 1.29 is 23.7 Å². The lowest BCUT2D eigenvalue weighted by molar-refractivity contribution is -0.124. The molecule has 2 fully saturated rings. The number of methoxy groups -OCH3 is 3. The lowest BCUT2D eigenvalue weighted by Gasteiger charge is -2.34. The minimum Gasteiger partial charge on any atom is -0.497 e. The molecule has 0 saturated carbocycles. The normalized spacial score (nSPS) is 16.1. The highest BCUT2D eigenvalue weighted by Crippen LogP contribution is 2.42. The Labute approximate surface area is 405 Å². The van der Waals surface area contributed by atoms with Gasteiger partial charge in [-0.1, -0.05) is 65.1 Å². The maximum atomic E-state index is 13.7. The summed E-state index contributed by atoms with van der Waals surface area (Å²) in [4.78, 5) is 21.2. The Morgan fingerprint density at radius 2 is 1.38 bits per heavy atom. The molecule has 0 aliphatic carbocycles. The zero-order valence-electron chi connectivity index (χ0n) is 38.6. The first-order valence-corrected chi connectivity index (χ1v) is 24.2. The second kappa shape index (κ2) is 22.4. The van der Waals surface area contributed by atoms with E-state index in [1.54, 1.807) is 27.4 Å². The van der Waals surface area contributed by atoms with Crippen LogP contribution in [0.5, 0.6) is 23.0 Å². The highest BCUT2D eigenvalue weighted by Gasteiger charge is 2.26. The summed E-state index contributed by atoms with van der Waals surface area (Å²) >= 11 is 19.3. The Kier molecular flexibility index (Phi) is 16.2. The van der Waals surface area contributed by atoms with Gasteiger partial charge in [0.15, 0.2) is 11.5 Å². The number of rotatable bonds is 19. The number of nitrogens with zero attached hydrogens (tertiary/aromatic N) is 4. The number of unbranched alkanes of at least 4 members (excludes halogenated alkanes) is 1. The fraction of sp³-hybridized carbons (Fsp3) is 0.389. The third-order valence-corrected chi connectivity index (χ3v) is 14.1. The number of hydrogen-bond donors (Lipinski definition) is 0. The third kappa shape index (κ3) is 11.9. The molecule has 9 nitrogen and oxygen atoms in total. The van der Waals surface area contributed by atoms with Crippen LogP contribution < -0.4 is 18.9 Å². The number of aryl methyl sites for hydroxylation is 2. The molecule has 1 atom stereocenters. The molecule has 0 radical (unpaired) electrons. The average Bonchev–Trinajstić information content (AvgIpc) is 3.67. The lowest BCUT2D eigenvalue weighted by atomic mass is 9.91. The maximum Gasteiger partial charge on any atom is 0.161 e. The first-order valence-electron chi connectivity index (χ1n) is 23.1. The molecule has 8 rings (SSSR count). The Bertz CT molecular complexity index is 2630. The number of carbonyl (C=O) groups is 1. The van der Waals surface area contributed by atoms with Gasteiger partial charge in [0.2, 0.25) is 0 Å². The number of piperidine rings is 1. The van der Waals surface area contributed by atoms with E-state index in [2.05, 4.69) is 74.9 Å². The summed E-state index contributed by atoms with van der Waals surface area (Å²) in [6.45, 7) is 11.6. The highest BCUT2D eigenvalue weighted by atomic mass is 35.5. The molecule has 2 aliphatic heterocycles. The molecule has 0 amide bonds. The number of aromatic nitrogens is 1. The molecule has 2 saturated heterocycles. The summed E-state index contributed by atoms with van der Waals surface area (Å²) in [6.07, 6.45) is 6.46. The van der Waals surface area contributed by atoms with Gasteiger partial charge in [0.05, 0.1) is 36.4 Å². The predicted octanol–water partition coefficient (Wildman–Crippen LogP) is 12.2. The Morgan fingerprint density at radius 3 is 2.14 bits per heavy atom. The van der Waals surface area contributed by atoms with E-state index in [0.29, 0.717) is 45.4 Å². The fourth-order valence-corrected chi connectivity index (χ4v) is 10.2. The molecule has 0 bridgehead atoms. The molecule has 2 aliphatic rings. The highest BCUT2D eigenvalue weighted by molar-refractivity contribution is 6.42. The number of carbonyl (C=O) groups excluding carboxylic acids is 1. The summed E-state index contributed by atoms with van der Waals surface area (Å²) < 4.78 is 25.5. The molecular weight excluding hydrogens is 891 g/mol. The van der Waals surface area contributed by atoms with E-state index in [-0.39, 0.29) is 5.92 Å². The molecule has 5 aromatic carbocycles. The number of ketones is 1. The molecule has 348 valence electrons. The van der Waals surface area contributed by atoms with Crippen molar-refractivity contribution >= 4 is 51.5 Å². The van der Waals surface area contributed by atoms with E-state index in [0.717, 1.165) is 136 Å². The minimum absolute atomic E-state index is 0.0349. The van der Waals surface area contributed by atoms with Gasteiger partial charge in [0, 0.05) is 99.5 Å². The van der Waals surface area contributed by atoms with E-state index in [4.69, 9.17) is 53.8 Å². The van der Waals surface area contributed by atoms with Gasteiger partial charge >= 0.3 is 0 Å². The van der Waals surface area contributed by atoms with Crippen LogP contribution in [0.25, 0.3) is 22.0 Å². The molecule has 1 unspecified atom stereocenters. The number of halogens is 3. The largest absolute Gasteiger partial charge is 0.497 e. The summed E-state index contributed by atoms with van der Waals surface area (Å²) in [7, 11) is 5.07. The van der Waals surface area contributed by atoms with Gasteiger partial charge in [-0.25, -0.2) is 0 Å². The van der Waals surface area contributed by atoms with Gasteiger partial charge in [-0.15, -0.1) is 0 Å². The summed E-state index contributed by atoms with van der Waals surface area (Å²) in [5.74, 6) is 3.40. The standard InChI is InChI=1S/C54H61Cl3N4O5/c1-37-25-41(27-43(26-37)63-2)33-59-23-21-58(22-24-59)31-38-14-17-49-44(28-38)45(54-47(56)10-7-12-52(54)65-4)35-61(49)20-6-5-11-50(62)42-9-8-19-60(34-42)32-39-15-18-51(64-3)53(30-39)66-36-40-13-16-46(55)48(57)29-40/h7,10,12-18,25-30,35,42H,5-6,8-9,11,19-24,31-34,36H2,1-4H3. The zero-order chi connectivity index (χ0) is 46.2. The number of ether oxygens (including phenoxy) is 4. The van der Waals surface area contributed by atoms with Crippen LogP contribution in [-0.2, 0) is 37.6 Å². The maximum absolute atomic E-state index is 13.7. The second-order valence-corrected chi connectivity index (χ2v) is 19.1. The van der Waals surface area contributed by atoms with Crippen LogP contribution in [0, 0.1) is 12.8 Å². The van der Waals surface area contributed by atoms with Crippen molar-refractivity contribution in [1.82, 2.24) is 19.3 Å². The van der Waals surface area contributed by atoms with Crippen LogP contribution in [0.4, 0.5) is 0 Å². The number of piperazine rings is 1. The Hall–Kier alpha value is -4.74. The van der Waals surface area contributed by atoms with Crippen LogP contribution in [0.2, 0.25) is 15.1 Å². The summed E-state index contributed by atoms with van der Waals surface area (Å²) in [5, 5.41) is 2.83. The molecule has 0 spiro atoms. The Balaban J connectivity index is 0.875. The zero-order valence-corrected chi connectivity index (χ0v) is 40.9. The van der Waals surface area contributed by atoms with Crippen molar-refractivity contribution in [2.45, 2.75) is 71.8 Å². The summed E-state index contributed by atoms with van der Waals surface area (Å²) in [5.41, 5.74) is 8.95. The number of benzene rings is 5. The van der Waals surface area contributed by atoms with Crippen molar-refractivity contribution in [3.63, 3.8) is 0 Å². The average molecular weight is 952 g/mol. The van der Waals surface area contributed by atoms with Gasteiger partial charge < -0.3 is 23.5 Å². The quantitative estimate of drug-likeness (QED) is 0.0744. The van der Waals surface area contributed by atoms with Crippen molar-refractivity contribution in [2.24, 2.45) is 5.92 Å². The van der Waals surface area contributed by atoms with E-state index in [1.807, 2.05) is 42.5 Å². The van der Waals surface area contributed by atoms with Crippen molar-refractivity contribution in [3.05, 3.63) is 140 Å². The van der Waals surface area contributed by atoms with Crippen molar-refractivity contribution in [1.29, 1.82) is 0 Å². The Morgan fingerprint density at radius 1 is 0.652 bits per heavy atom. The van der Waals surface area contributed by atoms with Crippen molar-refractivity contribution in [3.8, 4) is 34.1 Å². The molecule has 1 aromatic heterocycles. The fourth-order valence-electron chi connectivity index (χ4n) is 9.65. The third-order valence-electron chi connectivity index (χ3n) is 13.1. The molecule has 6 aromatic rings. The van der Waals surface area contributed by atoms with Gasteiger partial charge in [-0.05, 0) is 128 Å². The predicted molar refractivity (Wildman–Crippen MR) is 268 cm³/mol. The van der Waals surface area contributed by atoms with Crippen LogP contribution in [0.15, 0.2) is 97.2 Å². The van der Waals surface area contributed by atoms with Crippen LogP contribution >= 0.6 is 34.8 Å². The topological polar surface area (TPSA) is 68.6 Å². The van der Waals surface area contributed by atoms with E-state index in [9.17, 15) is 4.79 Å². The van der Waals surface area contributed by atoms with E-state index >= 15 is 0 Å². The van der Waals surface area contributed by atoms with Crippen LogP contribution in [0.1, 0.15) is 59.9 Å². The number of likely N-dealkylation sites (tertiary alicyclic amines) is 1. The number of hydrogen-bond acceptors (Lipinski definition) is 8. The monoisotopic (exact) mass is 950 g/mol. The summed E-state index contributed by atoms with van der Waals surface area (Å²) in [6, 6.07) is 30.7. The molecule has 66 heavy (non-hydrogen) atoms. The number of fused-ring (bicyclic) bond motifs is 1. The molecule has 0 N–H and O–H groups in total. The number of Topliss-reactive ketones (excluding diaryl/α,β-unsaturated/α-hetero) is 1. The SMILES string of the molecule is COc1cc(C)cc(CN2CCN(Cc3ccc4c(c3)c(-c3c(Cl)cccc3OC)cn4CCCCC(=O)C3CCCN(Cc4ccc(OC)c(OCc5ccc(Cl)c(Cl)c5)c4)C3)CC2)c1. The van der Waals surface area contributed by atoms with Gasteiger partial charge in [-0.2, -0.15) is 0 Å². The van der Waals surface area contributed by atoms with Gasteiger partial charge in [0.25, 0.3) is 0 Å². The van der Waals surface area contributed by atoms with E-state index < -0.39 is 0 Å². The van der Waals surface area contributed by atoms with Crippen molar-refractivity contribution in [2.75, 3.05) is 60.6 Å². The molecule has 3 heterocycles.